The number of likely N-dealkylation sites (tertiary alicyclic amines) is 1. The number of aryl methyl sites for hydroxylation is 1. The Balaban J connectivity index is 1.39. The number of para-hydroxylation sites is 2. The van der Waals surface area contributed by atoms with Gasteiger partial charge in [-0.15, -0.1) is 0 Å². The first-order chi connectivity index (χ1) is 15.2. The minimum absolute atomic E-state index is 0.0276. The van der Waals surface area contributed by atoms with Gasteiger partial charge in [0.05, 0.1) is 11.0 Å². The van der Waals surface area contributed by atoms with Crippen LogP contribution >= 0.6 is 0 Å². The maximum absolute atomic E-state index is 12.7. The Morgan fingerprint density at radius 2 is 1.58 bits per heavy atom. The van der Waals surface area contributed by atoms with Gasteiger partial charge in [-0.1, -0.05) is 49.2 Å². The van der Waals surface area contributed by atoms with E-state index in [4.69, 9.17) is 0 Å². The number of hydrogen-bond donors (Lipinski definition) is 1. The van der Waals surface area contributed by atoms with Crippen LogP contribution in [0.25, 0.3) is 11.0 Å². The lowest BCUT2D eigenvalue weighted by Crippen LogP contribution is -2.32. The Morgan fingerprint density at radius 1 is 0.903 bits per heavy atom. The van der Waals surface area contributed by atoms with Gasteiger partial charge in [0.1, 0.15) is 6.54 Å². The smallest absolute Gasteiger partial charge is 0.329 e. The first-order valence-electron chi connectivity index (χ1n) is 11.4. The molecule has 1 saturated heterocycles. The molecule has 3 aromatic rings. The summed E-state index contributed by atoms with van der Waals surface area (Å²) in [5.41, 5.74) is 3.89. The largest absolute Gasteiger partial charge is 0.350 e. The molecule has 31 heavy (non-hydrogen) atoms. The Labute approximate surface area is 183 Å². The zero-order valence-electron chi connectivity index (χ0n) is 18.3. The molecule has 4 rings (SSSR count). The average Bonchev–Trinajstić information content (AvgIpc) is 2.92. The molecule has 0 atom stereocenters. The number of fused-ring (bicyclic) bond motifs is 1. The Kier molecular flexibility index (Phi) is 6.87. The summed E-state index contributed by atoms with van der Waals surface area (Å²) in [7, 11) is 0. The molecule has 0 saturated carbocycles. The Morgan fingerprint density at radius 3 is 2.29 bits per heavy atom. The number of carbonyl (C=O) groups is 1. The molecule has 164 valence electrons. The van der Waals surface area contributed by atoms with Crippen molar-refractivity contribution in [2.24, 2.45) is 0 Å². The fraction of sp³-hybridized carbons (Fsp3) is 0.440. The van der Waals surface area contributed by atoms with Gasteiger partial charge in [0.2, 0.25) is 5.91 Å². The third-order valence-electron chi connectivity index (χ3n) is 6.13. The van der Waals surface area contributed by atoms with Crippen LogP contribution in [0.4, 0.5) is 0 Å². The molecule has 2 heterocycles. The summed E-state index contributed by atoms with van der Waals surface area (Å²) < 4.78 is 3.26. The summed E-state index contributed by atoms with van der Waals surface area (Å²) in [6, 6.07) is 16.1. The summed E-state index contributed by atoms with van der Waals surface area (Å²) in [6.45, 7) is 6.32. The number of benzene rings is 2. The van der Waals surface area contributed by atoms with E-state index in [0.717, 1.165) is 23.1 Å². The van der Waals surface area contributed by atoms with E-state index in [2.05, 4.69) is 28.4 Å². The molecule has 0 radical (unpaired) electrons. The fourth-order valence-electron chi connectivity index (χ4n) is 4.52. The van der Waals surface area contributed by atoms with Crippen LogP contribution in [-0.4, -0.2) is 33.0 Å². The maximum atomic E-state index is 12.7. The molecule has 1 aliphatic heterocycles. The number of imidazole rings is 1. The molecule has 2 aromatic carbocycles. The van der Waals surface area contributed by atoms with Crippen molar-refractivity contribution in [3.05, 3.63) is 70.1 Å². The van der Waals surface area contributed by atoms with Crippen molar-refractivity contribution in [2.45, 2.75) is 58.8 Å². The van der Waals surface area contributed by atoms with Gasteiger partial charge < -0.3 is 5.32 Å². The Hall–Kier alpha value is -2.86. The lowest BCUT2D eigenvalue weighted by atomic mass is 10.1. The number of rotatable bonds is 7. The molecule has 1 N–H and O–H groups in total. The van der Waals surface area contributed by atoms with Crippen LogP contribution < -0.4 is 11.0 Å². The second kappa shape index (κ2) is 9.96. The predicted octanol–water partition coefficient (Wildman–Crippen LogP) is 3.52. The summed E-state index contributed by atoms with van der Waals surface area (Å²) >= 11 is 0. The molecule has 0 bridgehead atoms. The van der Waals surface area contributed by atoms with E-state index >= 15 is 0 Å². The topological polar surface area (TPSA) is 59.3 Å². The third kappa shape index (κ3) is 5.07. The highest BCUT2D eigenvalue weighted by Gasteiger charge is 2.14. The van der Waals surface area contributed by atoms with Crippen molar-refractivity contribution < 1.29 is 4.79 Å². The van der Waals surface area contributed by atoms with Crippen LogP contribution in [-0.2, 0) is 31.0 Å². The lowest BCUT2D eigenvalue weighted by molar-refractivity contribution is -0.121. The average molecular weight is 421 g/mol. The van der Waals surface area contributed by atoms with E-state index in [1.165, 1.54) is 44.3 Å². The van der Waals surface area contributed by atoms with E-state index in [0.29, 0.717) is 13.1 Å². The predicted molar refractivity (Wildman–Crippen MR) is 124 cm³/mol. The van der Waals surface area contributed by atoms with Crippen LogP contribution in [0, 0.1) is 0 Å². The van der Waals surface area contributed by atoms with Crippen molar-refractivity contribution in [3.63, 3.8) is 0 Å². The van der Waals surface area contributed by atoms with Gasteiger partial charge in [-0.25, -0.2) is 4.79 Å². The molecule has 1 amide bonds. The third-order valence-corrected chi connectivity index (χ3v) is 6.13. The quantitative estimate of drug-likeness (QED) is 0.636. The van der Waals surface area contributed by atoms with E-state index in [9.17, 15) is 9.59 Å². The van der Waals surface area contributed by atoms with Gasteiger partial charge in [-0.3, -0.25) is 18.8 Å². The normalized spacial score (nSPS) is 15.1. The van der Waals surface area contributed by atoms with E-state index in [1.54, 1.807) is 9.13 Å². The van der Waals surface area contributed by atoms with Crippen LogP contribution in [0.3, 0.4) is 0 Å². The van der Waals surface area contributed by atoms with Gasteiger partial charge in [-0.2, -0.15) is 0 Å². The fourth-order valence-corrected chi connectivity index (χ4v) is 4.52. The van der Waals surface area contributed by atoms with E-state index in [1.807, 2.05) is 37.3 Å². The highest BCUT2D eigenvalue weighted by atomic mass is 16.2. The molecule has 1 aromatic heterocycles. The summed E-state index contributed by atoms with van der Waals surface area (Å²) in [4.78, 5) is 27.9. The van der Waals surface area contributed by atoms with Crippen molar-refractivity contribution in [2.75, 3.05) is 13.1 Å². The lowest BCUT2D eigenvalue weighted by Gasteiger charge is -2.20. The van der Waals surface area contributed by atoms with E-state index in [-0.39, 0.29) is 18.1 Å². The first-order valence-corrected chi connectivity index (χ1v) is 11.4. The Bertz CT molecular complexity index is 1090. The van der Waals surface area contributed by atoms with Gasteiger partial charge in [0.25, 0.3) is 0 Å². The molecule has 6 heteroatoms. The van der Waals surface area contributed by atoms with Crippen molar-refractivity contribution >= 4 is 16.9 Å². The second-order valence-corrected chi connectivity index (χ2v) is 8.39. The molecule has 6 nitrogen and oxygen atoms in total. The highest BCUT2D eigenvalue weighted by Crippen LogP contribution is 2.15. The zero-order chi connectivity index (χ0) is 21.6. The number of carbonyl (C=O) groups excluding carboxylic acids is 1. The van der Waals surface area contributed by atoms with Crippen molar-refractivity contribution in [1.82, 2.24) is 19.4 Å². The number of hydrogen-bond acceptors (Lipinski definition) is 3. The summed E-state index contributed by atoms with van der Waals surface area (Å²) in [5.74, 6) is -0.154. The van der Waals surface area contributed by atoms with E-state index < -0.39 is 0 Å². The maximum Gasteiger partial charge on any atom is 0.329 e. The molecular weight excluding hydrogens is 388 g/mol. The first kappa shape index (κ1) is 21.4. The second-order valence-electron chi connectivity index (χ2n) is 8.39. The molecule has 0 spiro atoms. The molecule has 1 fully saturated rings. The minimum atomic E-state index is -0.154. The van der Waals surface area contributed by atoms with Gasteiger partial charge in [0, 0.05) is 19.6 Å². The summed E-state index contributed by atoms with van der Waals surface area (Å²) in [5, 5.41) is 2.99. The molecular formula is C25H32N4O2. The van der Waals surface area contributed by atoms with Gasteiger partial charge >= 0.3 is 5.69 Å². The van der Waals surface area contributed by atoms with Crippen molar-refractivity contribution in [1.29, 1.82) is 0 Å². The number of nitrogens with one attached hydrogen (secondary N) is 1. The van der Waals surface area contributed by atoms with Crippen LogP contribution in [0.5, 0.6) is 0 Å². The van der Waals surface area contributed by atoms with Crippen LogP contribution in [0.15, 0.2) is 53.3 Å². The highest BCUT2D eigenvalue weighted by molar-refractivity contribution is 5.80. The minimum Gasteiger partial charge on any atom is -0.350 e. The standard InChI is InChI=1S/C25H32N4O2/c1-2-28-22-12-5-6-13-23(22)29(25(28)31)19-24(30)26-17-20-10-9-11-21(16-20)18-27-14-7-3-4-8-15-27/h5-6,9-13,16H,2-4,7-8,14-15,17-19H2,1H3,(H,26,30). The molecule has 0 aliphatic carbocycles. The summed E-state index contributed by atoms with van der Waals surface area (Å²) in [6.07, 6.45) is 5.23. The van der Waals surface area contributed by atoms with Crippen LogP contribution in [0.1, 0.15) is 43.7 Å². The van der Waals surface area contributed by atoms with Crippen molar-refractivity contribution in [3.8, 4) is 0 Å². The monoisotopic (exact) mass is 420 g/mol. The molecule has 1 aliphatic rings. The van der Waals surface area contributed by atoms with Gasteiger partial charge in [-0.05, 0) is 56.1 Å². The SMILES string of the molecule is CCn1c(=O)n(CC(=O)NCc2cccc(CN3CCCCCC3)c2)c2ccccc21. The molecule has 0 unspecified atom stereocenters. The van der Waals surface area contributed by atoms with Gasteiger partial charge in [0.15, 0.2) is 0 Å². The number of amides is 1. The number of nitrogens with zero attached hydrogens (tertiary/aromatic N) is 3. The zero-order valence-corrected chi connectivity index (χ0v) is 18.3. The number of aromatic nitrogens is 2. The van der Waals surface area contributed by atoms with Crippen LogP contribution in [0.2, 0.25) is 0 Å².